The molecule has 0 bridgehead atoms. The first-order chi connectivity index (χ1) is 9.20. The molecule has 108 valence electrons. The second-order valence-electron chi connectivity index (χ2n) is 5.83. The van der Waals surface area contributed by atoms with E-state index in [1.807, 2.05) is 12.4 Å². The van der Waals surface area contributed by atoms with E-state index in [9.17, 15) is 0 Å². The molecule has 1 fully saturated rings. The molecule has 19 heavy (non-hydrogen) atoms. The maximum absolute atomic E-state index is 4.42. The molecule has 2 rings (SSSR count). The average Bonchev–Trinajstić information content (AvgIpc) is 2.82. The fourth-order valence-electron chi connectivity index (χ4n) is 2.97. The number of rotatable bonds is 6. The molecule has 4 nitrogen and oxygen atoms in total. The third-order valence-corrected chi connectivity index (χ3v) is 4.31. The quantitative estimate of drug-likeness (QED) is 0.855. The van der Waals surface area contributed by atoms with E-state index in [0.29, 0.717) is 0 Å². The van der Waals surface area contributed by atoms with Crippen molar-refractivity contribution in [1.82, 2.24) is 19.8 Å². The first-order valence-electron chi connectivity index (χ1n) is 7.60. The van der Waals surface area contributed by atoms with Gasteiger partial charge in [-0.05, 0) is 45.7 Å². The van der Waals surface area contributed by atoms with E-state index in [0.717, 1.165) is 24.5 Å². The molecule has 0 unspecified atom stereocenters. The maximum atomic E-state index is 4.42. The zero-order valence-corrected chi connectivity index (χ0v) is 12.6. The van der Waals surface area contributed by atoms with Gasteiger partial charge in [0.1, 0.15) is 5.82 Å². The van der Waals surface area contributed by atoms with Crippen LogP contribution >= 0.6 is 0 Å². The van der Waals surface area contributed by atoms with Crippen LogP contribution in [-0.2, 0) is 13.6 Å². The van der Waals surface area contributed by atoms with E-state index in [-0.39, 0.29) is 0 Å². The number of nitrogens with one attached hydrogen (secondary N) is 1. The molecule has 0 aromatic carbocycles. The Balaban J connectivity index is 1.76. The van der Waals surface area contributed by atoms with Gasteiger partial charge in [-0.2, -0.15) is 0 Å². The molecule has 1 N–H and O–H groups in total. The molecule has 0 saturated heterocycles. The van der Waals surface area contributed by atoms with Crippen LogP contribution in [0.3, 0.4) is 0 Å². The Morgan fingerprint density at radius 1 is 1.37 bits per heavy atom. The Kier molecular flexibility index (Phi) is 5.40. The molecular weight excluding hydrogens is 236 g/mol. The Morgan fingerprint density at radius 3 is 2.68 bits per heavy atom. The van der Waals surface area contributed by atoms with Gasteiger partial charge in [0.15, 0.2) is 0 Å². The van der Waals surface area contributed by atoms with Crippen LogP contribution in [0.5, 0.6) is 0 Å². The molecule has 1 aliphatic carbocycles. The molecule has 0 amide bonds. The molecule has 1 saturated carbocycles. The number of hydrogen-bond acceptors (Lipinski definition) is 3. The highest BCUT2D eigenvalue weighted by Crippen LogP contribution is 2.23. The number of aromatic nitrogens is 2. The summed E-state index contributed by atoms with van der Waals surface area (Å²) >= 11 is 0. The third-order valence-electron chi connectivity index (χ3n) is 4.31. The van der Waals surface area contributed by atoms with Crippen molar-refractivity contribution in [3.8, 4) is 0 Å². The van der Waals surface area contributed by atoms with Crippen LogP contribution in [0.1, 0.15) is 44.9 Å². The van der Waals surface area contributed by atoms with Gasteiger partial charge < -0.3 is 9.88 Å². The Labute approximate surface area is 117 Å². The van der Waals surface area contributed by atoms with E-state index in [1.165, 1.54) is 38.6 Å². The van der Waals surface area contributed by atoms with Gasteiger partial charge >= 0.3 is 0 Å². The summed E-state index contributed by atoms with van der Waals surface area (Å²) in [6.45, 7) is 4.36. The summed E-state index contributed by atoms with van der Waals surface area (Å²) < 4.78 is 2.12. The van der Waals surface area contributed by atoms with Gasteiger partial charge in [0.05, 0.1) is 6.54 Å². The highest BCUT2D eigenvalue weighted by Gasteiger charge is 2.24. The minimum atomic E-state index is 0.719. The van der Waals surface area contributed by atoms with Gasteiger partial charge in [0.25, 0.3) is 0 Å². The van der Waals surface area contributed by atoms with Crippen molar-refractivity contribution in [1.29, 1.82) is 0 Å². The van der Waals surface area contributed by atoms with Gasteiger partial charge in [-0.15, -0.1) is 0 Å². The van der Waals surface area contributed by atoms with E-state index >= 15 is 0 Å². The zero-order valence-electron chi connectivity index (χ0n) is 12.6. The molecule has 4 heteroatoms. The fourth-order valence-corrected chi connectivity index (χ4v) is 2.97. The van der Waals surface area contributed by atoms with E-state index in [1.54, 1.807) is 0 Å². The highest BCUT2D eigenvalue weighted by molar-refractivity contribution is 4.92. The molecule has 0 atom stereocenters. The lowest BCUT2D eigenvalue weighted by Crippen LogP contribution is -2.41. The Hall–Kier alpha value is -0.870. The molecule has 0 radical (unpaired) electrons. The second kappa shape index (κ2) is 7.06. The normalized spacial score (nSPS) is 24.0. The van der Waals surface area contributed by atoms with Crippen molar-refractivity contribution in [2.75, 3.05) is 13.6 Å². The topological polar surface area (TPSA) is 33.1 Å². The number of imidazole rings is 1. The Bertz CT molecular complexity index is 366. The monoisotopic (exact) mass is 264 g/mol. The number of hydrogen-bond donors (Lipinski definition) is 1. The van der Waals surface area contributed by atoms with Crippen molar-refractivity contribution in [3.63, 3.8) is 0 Å². The summed E-state index contributed by atoms with van der Waals surface area (Å²) in [6, 6.07) is 1.47. The molecule has 0 aliphatic heterocycles. The third kappa shape index (κ3) is 4.05. The second-order valence-corrected chi connectivity index (χ2v) is 5.83. The summed E-state index contributed by atoms with van der Waals surface area (Å²) in [5, 5.41) is 3.65. The highest BCUT2D eigenvalue weighted by atomic mass is 15.2. The summed E-state index contributed by atoms with van der Waals surface area (Å²) in [5.41, 5.74) is 0. The largest absolute Gasteiger partial charge is 0.337 e. The van der Waals surface area contributed by atoms with Gasteiger partial charge in [0.2, 0.25) is 0 Å². The van der Waals surface area contributed by atoms with Crippen LogP contribution in [0, 0.1) is 0 Å². The van der Waals surface area contributed by atoms with Crippen LogP contribution in [0.15, 0.2) is 12.4 Å². The number of nitrogens with zero attached hydrogens (tertiary/aromatic N) is 3. The van der Waals surface area contributed by atoms with Crippen LogP contribution in [0.4, 0.5) is 0 Å². The fraction of sp³-hybridized carbons (Fsp3) is 0.800. The first-order valence-corrected chi connectivity index (χ1v) is 7.60. The standard InChI is InChI=1S/C15H28N4/c1-4-9-16-13-5-7-14(8-6-13)19(3)12-15-17-10-11-18(15)2/h10-11,13-14,16H,4-9,12H2,1-3H3. The lowest BCUT2D eigenvalue weighted by molar-refractivity contribution is 0.163. The van der Waals surface area contributed by atoms with Crippen molar-refractivity contribution in [2.45, 2.75) is 57.7 Å². The average molecular weight is 264 g/mol. The first kappa shape index (κ1) is 14.5. The van der Waals surface area contributed by atoms with Crippen LogP contribution in [-0.4, -0.2) is 40.1 Å². The lowest BCUT2D eigenvalue weighted by Gasteiger charge is -2.34. The lowest BCUT2D eigenvalue weighted by atomic mass is 9.90. The van der Waals surface area contributed by atoms with Crippen molar-refractivity contribution in [3.05, 3.63) is 18.2 Å². The summed E-state index contributed by atoms with van der Waals surface area (Å²) in [5.74, 6) is 1.16. The molecule has 1 heterocycles. The van der Waals surface area contributed by atoms with E-state index < -0.39 is 0 Å². The van der Waals surface area contributed by atoms with Gasteiger partial charge in [0, 0.05) is 31.5 Å². The predicted molar refractivity (Wildman–Crippen MR) is 79.0 cm³/mol. The Morgan fingerprint density at radius 2 is 2.11 bits per heavy atom. The van der Waals surface area contributed by atoms with Crippen LogP contribution in [0.2, 0.25) is 0 Å². The van der Waals surface area contributed by atoms with Crippen molar-refractivity contribution < 1.29 is 0 Å². The van der Waals surface area contributed by atoms with Crippen molar-refractivity contribution in [2.24, 2.45) is 7.05 Å². The van der Waals surface area contributed by atoms with Gasteiger partial charge in [-0.3, -0.25) is 4.90 Å². The predicted octanol–water partition coefficient (Wildman–Crippen LogP) is 2.16. The number of aryl methyl sites for hydroxylation is 1. The van der Waals surface area contributed by atoms with Gasteiger partial charge in [-0.1, -0.05) is 6.92 Å². The van der Waals surface area contributed by atoms with Gasteiger partial charge in [-0.25, -0.2) is 4.98 Å². The summed E-state index contributed by atoms with van der Waals surface area (Å²) in [6.07, 6.45) is 10.4. The van der Waals surface area contributed by atoms with E-state index in [4.69, 9.17) is 0 Å². The molecule has 1 aliphatic rings. The molecular formula is C15H28N4. The maximum Gasteiger partial charge on any atom is 0.122 e. The van der Waals surface area contributed by atoms with Crippen LogP contribution in [0.25, 0.3) is 0 Å². The minimum absolute atomic E-state index is 0.719. The molecule has 1 aromatic rings. The summed E-state index contributed by atoms with van der Waals surface area (Å²) in [7, 11) is 4.31. The SMILES string of the molecule is CCCNC1CCC(N(C)Cc2nccn2C)CC1. The minimum Gasteiger partial charge on any atom is -0.337 e. The smallest absolute Gasteiger partial charge is 0.122 e. The summed E-state index contributed by atoms with van der Waals surface area (Å²) in [4.78, 5) is 6.89. The van der Waals surface area contributed by atoms with Crippen LogP contribution < -0.4 is 5.32 Å². The van der Waals surface area contributed by atoms with Crippen molar-refractivity contribution >= 4 is 0 Å². The molecule has 1 aromatic heterocycles. The zero-order chi connectivity index (χ0) is 13.7. The molecule has 0 spiro atoms. The van der Waals surface area contributed by atoms with E-state index in [2.05, 4.69) is 40.8 Å².